The average molecular weight is 270 g/mol. The van der Waals surface area contributed by atoms with Crippen molar-refractivity contribution in [3.05, 3.63) is 28.5 Å². The van der Waals surface area contributed by atoms with Crippen LogP contribution in [0.25, 0.3) is 0 Å². The first-order valence-electron chi connectivity index (χ1n) is 5.26. The molecule has 4 heteroatoms. The van der Waals surface area contributed by atoms with Crippen molar-refractivity contribution in [1.29, 1.82) is 0 Å². The zero-order chi connectivity index (χ0) is 10.7. The largest absolute Gasteiger partial charge is 0.304 e. The van der Waals surface area contributed by atoms with Gasteiger partial charge in [-0.1, -0.05) is 0 Å². The van der Waals surface area contributed by atoms with E-state index in [1.165, 1.54) is 0 Å². The van der Waals surface area contributed by atoms with Crippen molar-refractivity contribution >= 4 is 15.9 Å². The Labute approximate surface area is 99.2 Å². The first kappa shape index (κ1) is 11.0. The molecule has 2 rings (SSSR count). The van der Waals surface area contributed by atoms with Gasteiger partial charge in [0, 0.05) is 43.4 Å². The van der Waals surface area contributed by atoms with Crippen molar-refractivity contribution in [2.45, 2.75) is 6.54 Å². The molecule has 2 heterocycles. The average Bonchev–Trinajstić information content (AvgIpc) is 2.25. The summed E-state index contributed by atoms with van der Waals surface area (Å²) < 4.78 is 1.11. The number of aromatic nitrogens is 1. The quantitative estimate of drug-likeness (QED) is 0.813. The molecule has 0 bridgehead atoms. The zero-order valence-electron chi connectivity index (χ0n) is 8.99. The molecule has 0 aromatic carbocycles. The molecule has 82 valence electrons. The summed E-state index contributed by atoms with van der Waals surface area (Å²) >= 11 is 3.54. The lowest BCUT2D eigenvalue weighted by molar-refractivity contribution is 0.146. The van der Waals surface area contributed by atoms with Crippen LogP contribution in [0.3, 0.4) is 0 Å². The van der Waals surface area contributed by atoms with E-state index in [0.717, 1.165) is 42.9 Å². The highest BCUT2D eigenvalue weighted by Crippen LogP contribution is 2.15. The van der Waals surface area contributed by atoms with Crippen LogP contribution in [0.15, 0.2) is 22.8 Å². The van der Waals surface area contributed by atoms with Gasteiger partial charge >= 0.3 is 0 Å². The van der Waals surface area contributed by atoms with Gasteiger partial charge < -0.3 is 4.90 Å². The Balaban J connectivity index is 1.95. The van der Waals surface area contributed by atoms with Crippen molar-refractivity contribution in [2.24, 2.45) is 0 Å². The van der Waals surface area contributed by atoms with Crippen molar-refractivity contribution in [2.75, 3.05) is 33.2 Å². The molecule has 0 unspecified atom stereocenters. The summed E-state index contributed by atoms with van der Waals surface area (Å²) in [4.78, 5) is 9.21. The van der Waals surface area contributed by atoms with Gasteiger partial charge in [-0.25, -0.2) is 0 Å². The molecular weight excluding hydrogens is 254 g/mol. The highest BCUT2D eigenvalue weighted by atomic mass is 79.9. The van der Waals surface area contributed by atoms with Gasteiger partial charge in [-0.2, -0.15) is 0 Å². The lowest BCUT2D eigenvalue weighted by Crippen LogP contribution is -2.44. The second kappa shape index (κ2) is 5.05. The molecule has 15 heavy (non-hydrogen) atoms. The number of pyridine rings is 1. The summed E-state index contributed by atoms with van der Waals surface area (Å²) in [6.07, 6.45) is 1.86. The molecule has 1 saturated heterocycles. The summed E-state index contributed by atoms with van der Waals surface area (Å²) in [5, 5.41) is 0. The van der Waals surface area contributed by atoms with Crippen molar-refractivity contribution in [3.8, 4) is 0 Å². The Bertz CT molecular complexity index is 321. The third-order valence-corrected chi connectivity index (χ3v) is 3.53. The third-order valence-electron chi connectivity index (χ3n) is 2.80. The van der Waals surface area contributed by atoms with Gasteiger partial charge in [-0.3, -0.25) is 9.88 Å². The zero-order valence-corrected chi connectivity index (χ0v) is 10.6. The number of hydrogen-bond acceptors (Lipinski definition) is 3. The summed E-state index contributed by atoms with van der Waals surface area (Å²) in [6, 6.07) is 4.01. The van der Waals surface area contributed by atoms with Crippen molar-refractivity contribution in [3.63, 3.8) is 0 Å². The molecule has 1 aromatic rings. The van der Waals surface area contributed by atoms with E-state index in [0.29, 0.717) is 0 Å². The van der Waals surface area contributed by atoms with E-state index in [1.54, 1.807) is 0 Å². The van der Waals surface area contributed by atoms with E-state index < -0.39 is 0 Å². The maximum Gasteiger partial charge on any atom is 0.0685 e. The Morgan fingerprint density at radius 2 is 2.07 bits per heavy atom. The number of piperazine rings is 1. The van der Waals surface area contributed by atoms with Crippen LogP contribution in [0.2, 0.25) is 0 Å². The minimum atomic E-state index is 0.954. The molecule has 1 aromatic heterocycles. The van der Waals surface area contributed by atoms with E-state index in [2.05, 4.69) is 43.8 Å². The fraction of sp³-hybridized carbons (Fsp3) is 0.545. The number of nitrogens with zero attached hydrogens (tertiary/aromatic N) is 3. The summed E-state index contributed by atoms with van der Waals surface area (Å²) in [7, 11) is 2.17. The normalized spacial score (nSPS) is 19.3. The van der Waals surface area contributed by atoms with Crippen molar-refractivity contribution < 1.29 is 0 Å². The lowest BCUT2D eigenvalue weighted by atomic mass is 10.3. The summed E-state index contributed by atoms with van der Waals surface area (Å²) in [6.45, 7) is 5.54. The van der Waals surface area contributed by atoms with Gasteiger partial charge in [0.05, 0.1) is 5.69 Å². The second-order valence-corrected chi connectivity index (χ2v) is 4.87. The van der Waals surface area contributed by atoms with E-state index in [-0.39, 0.29) is 0 Å². The molecule has 3 nitrogen and oxygen atoms in total. The van der Waals surface area contributed by atoms with Crippen LogP contribution in [0.1, 0.15) is 5.69 Å². The van der Waals surface area contributed by atoms with Gasteiger partial charge in [-0.05, 0) is 35.1 Å². The highest BCUT2D eigenvalue weighted by molar-refractivity contribution is 9.10. The molecule has 0 amide bonds. The first-order chi connectivity index (χ1) is 7.25. The molecule has 0 radical (unpaired) electrons. The topological polar surface area (TPSA) is 19.4 Å². The van der Waals surface area contributed by atoms with E-state index in [9.17, 15) is 0 Å². The van der Waals surface area contributed by atoms with Crippen LogP contribution < -0.4 is 0 Å². The smallest absolute Gasteiger partial charge is 0.0685 e. The Hall–Kier alpha value is -0.450. The fourth-order valence-electron chi connectivity index (χ4n) is 1.75. The Kier molecular flexibility index (Phi) is 3.72. The van der Waals surface area contributed by atoms with Crippen LogP contribution in [0.4, 0.5) is 0 Å². The minimum Gasteiger partial charge on any atom is -0.304 e. The maximum absolute atomic E-state index is 4.39. The number of hydrogen-bond donors (Lipinski definition) is 0. The van der Waals surface area contributed by atoms with E-state index in [4.69, 9.17) is 0 Å². The molecule has 0 atom stereocenters. The monoisotopic (exact) mass is 269 g/mol. The summed E-state index contributed by atoms with van der Waals surface area (Å²) in [5.74, 6) is 0. The fourth-order valence-corrected chi connectivity index (χ4v) is 2.13. The molecule has 1 fully saturated rings. The van der Waals surface area contributed by atoms with Crippen LogP contribution in [-0.4, -0.2) is 48.0 Å². The van der Waals surface area contributed by atoms with E-state index in [1.807, 2.05) is 12.3 Å². The third kappa shape index (κ3) is 3.00. The van der Waals surface area contributed by atoms with E-state index >= 15 is 0 Å². The molecular formula is C11H16BrN3. The predicted octanol–water partition coefficient (Wildman–Crippen LogP) is 1.59. The molecule has 1 aliphatic heterocycles. The number of rotatable bonds is 2. The standard InChI is InChI=1S/C11H16BrN3/c1-14-5-7-15(8-6-14)9-11-10(12)3-2-4-13-11/h2-4H,5-9H2,1H3. The highest BCUT2D eigenvalue weighted by Gasteiger charge is 2.15. The minimum absolute atomic E-state index is 0.954. The number of likely N-dealkylation sites (N-methyl/N-ethyl adjacent to an activating group) is 1. The molecule has 1 aliphatic rings. The molecule has 0 N–H and O–H groups in total. The molecule has 0 aliphatic carbocycles. The Morgan fingerprint density at radius 1 is 1.33 bits per heavy atom. The van der Waals surface area contributed by atoms with Crippen LogP contribution in [-0.2, 0) is 6.54 Å². The Morgan fingerprint density at radius 3 is 2.73 bits per heavy atom. The van der Waals surface area contributed by atoms with Crippen molar-refractivity contribution in [1.82, 2.24) is 14.8 Å². The van der Waals surface area contributed by atoms with Crippen LogP contribution in [0, 0.1) is 0 Å². The molecule has 0 saturated carbocycles. The molecule has 0 spiro atoms. The van der Waals surface area contributed by atoms with Gasteiger partial charge in [0.15, 0.2) is 0 Å². The van der Waals surface area contributed by atoms with Crippen LogP contribution >= 0.6 is 15.9 Å². The predicted molar refractivity (Wildman–Crippen MR) is 64.7 cm³/mol. The van der Waals surface area contributed by atoms with Gasteiger partial charge in [0.25, 0.3) is 0 Å². The van der Waals surface area contributed by atoms with Gasteiger partial charge in [0.2, 0.25) is 0 Å². The van der Waals surface area contributed by atoms with Crippen LogP contribution in [0.5, 0.6) is 0 Å². The lowest BCUT2D eigenvalue weighted by Gasteiger charge is -2.32. The second-order valence-electron chi connectivity index (χ2n) is 4.01. The SMILES string of the molecule is CN1CCN(Cc2ncccc2Br)CC1. The number of halogens is 1. The first-order valence-corrected chi connectivity index (χ1v) is 6.05. The summed E-state index contributed by atoms with van der Waals surface area (Å²) in [5.41, 5.74) is 1.14. The maximum atomic E-state index is 4.39. The van der Waals surface area contributed by atoms with Gasteiger partial charge in [0.1, 0.15) is 0 Å². The van der Waals surface area contributed by atoms with Gasteiger partial charge in [-0.15, -0.1) is 0 Å².